The molecule has 3 atom stereocenters. The predicted molar refractivity (Wildman–Crippen MR) is 85.7 cm³/mol. The molecule has 5 heteroatoms. The number of rotatable bonds is 7. The van der Waals surface area contributed by atoms with E-state index in [4.69, 9.17) is 9.47 Å². The zero-order chi connectivity index (χ0) is 16.1. The molecule has 1 aromatic carbocycles. The Labute approximate surface area is 137 Å². The average Bonchev–Trinajstić information content (AvgIpc) is 3.19. The van der Waals surface area contributed by atoms with Crippen molar-refractivity contribution in [3.63, 3.8) is 0 Å². The third-order valence-corrected chi connectivity index (χ3v) is 4.68. The van der Waals surface area contributed by atoms with Crippen molar-refractivity contribution in [2.45, 2.75) is 43.9 Å². The fourth-order valence-corrected chi connectivity index (χ4v) is 3.57. The van der Waals surface area contributed by atoms with Crippen molar-refractivity contribution in [1.82, 2.24) is 4.90 Å². The zero-order valence-corrected chi connectivity index (χ0v) is 13.5. The van der Waals surface area contributed by atoms with Gasteiger partial charge in [-0.25, -0.2) is 4.39 Å². The second-order valence-electron chi connectivity index (χ2n) is 6.53. The van der Waals surface area contributed by atoms with Gasteiger partial charge in [0.05, 0.1) is 25.4 Å². The number of β-amino-alcohol motifs (C(OH)–C–C–N with tert-alkyl or cyclic N) is 1. The molecule has 0 aromatic heterocycles. The molecule has 2 aliphatic heterocycles. The highest BCUT2D eigenvalue weighted by Crippen LogP contribution is 2.32. The summed E-state index contributed by atoms with van der Waals surface area (Å²) in [4.78, 5) is 2.23. The van der Waals surface area contributed by atoms with Crippen LogP contribution < -0.4 is 0 Å². The Morgan fingerprint density at radius 3 is 3.04 bits per heavy atom. The third kappa shape index (κ3) is 4.73. The van der Waals surface area contributed by atoms with E-state index in [-0.39, 0.29) is 18.0 Å². The van der Waals surface area contributed by atoms with Crippen molar-refractivity contribution in [3.05, 3.63) is 35.6 Å². The van der Waals surface area contributed by atoms with Crippen LogP contribution in [0.5, 0.6) is 0 Å². The number of hydrogen-bond acceptors (Lipinski definition) is 4. The van der Waals surface area contributed by atoms with E-state index in [9.17, 15) is 9.50 Å². The van der Waals surface area contributed by atoms with Crippen molar-refractivity contribution < 1.29 is 19.0 Å². The standard InChI is InChI=1S/C18H26FNO3/c19-15-5-1-4-14(10-15)18-7-2-8-20(18)11-16(21)12-22-13-17-6-3-9-23-17/h1,4-5,10,16-18,21H,2-3,6-9,11-13H2/t16-,17-,18-/m0/s1. The van der Waals surface area contributed by atoms with E-state index in [1.165, 1.54) is 6.07 Å². The van der Waals surface area contributed by atoms with Crippen LogP contribution in [0.2, 0.25) is 0 Å². The Bertz CT molecular complexity index is 493. The lowest BCUT2D eigenvalue weighted by atomic mass is 10.0. The number of aliphatic hydroxyl groups excluding tert-OH is 1. The first kappa shape index (κ1) is 16.8. The van der Waals surface area contributed by atoms with Crippen molar-refractivity contribution in [2.24, 2.45) is 0 Å². The van der Waals surface area contributed by atoms with E-state index in [2.05, 4.69) is 4.90 Å². The zero-order valence-electron chi connectivity index (χ0n) is 13.5. The van der Waals surface area contributed by atoms with Crippen molar-refractivity contribution in [2.75, 3.05) is 32.9 Å². The second kappa shape index (κ2) is 8.20. The minimum atomic E-state index is -0.523. The molecule has 1 aromatic rings. The molecule has 23 heavy (non-hydrogen) atoms. The SMILES string of the molecule is O[C@H](COC[C@@H]1CCCO1)CN1CCC[C@H]1c1cccc(F)c1. The normalized spacial score (nSPS) is 26.7. The van der Waals surface area contributed by atoms with Crippen molar-refractivity contribution >= 4 is 0 Å². The van der Waals surface area contributed by atoms with Crippen LogP contribution in [0.4, 0.5) is 4.39 Å². The first-order valence-electron chi connectivity index (χ1n) is 8.59. The van der Waals surface area contributed by atoms with Crippen LogP contribution >= 0.6 is 0 Å². The van der Waals surface area contributed by atoms with Crippen molar-refractivity contribution in [1.29, 1.82) is 0 Å². The van der Waals surface area contributed by atoms with Gasteiger partial charge in [0.1, 0.15) is 5.82 Å². The van der Waals surface area contributed by atoms with Crippen LogP contribution in [0.3, 0.4) is 0 Å². The van der Waals surface area contributed by atoms with E-state index in [1.807, 2.05) is 6.07 Å². The van der Waals surface area contributed by atoms with Gasteiger partial charge in [-0.05, 0) is 49.9 Å². The number of nitrogens with zero attached hydrogens (tertiary/aromatic N) is 1. The van der Waals surface area contributed by atoms with Crippen LogP contribution in [-0.2, 0) is 9.47 Å². The number of hydrogen-bond donors (Lipinski definition) is 1. The number of ether oxygens (including phenoxy) is 2. The molecule has 2 heterocycles. The van der Waals surface area contributed by atoms with Gasteiger partial charge in [0.15, 0.2) is 0 Å². The molecule has 2 aliphatic rings. The summed E-state index contributed by atoms with van der Waals surface area (Å²) in [5.41, 5.74) is 0.995. The lowest BCUT2D eigenvalue weighted by Gasteiger charge is -2.27. The van der Waals surface area contributed by atoms with E-state index in [1.54, 1.807) is 12.1 Å². The van der Waals surface area contributed by atoms with Crippen molar-refractivity contribution in [3.8, 4) is 0 Å². The summed E-state index contributed by atoms with van der Waals surface area (Å²) < 4.78 is 24.5. The Kier molecular flexibility index (Phi) is 6.00. The fourth-order valence-electron chi connectivity index (χ4n) is 3.57. The molecule has 0 bridgehead atoms. The van der Waals surface area contributed by atoms with Gasteiger partial charge in [-0.1, -0.05) is 12.1 Å². The fraction of sp³-hybridized carbons (Fsp3) is 0.667. The first-order valence-corrected chi connectivity index (χ1v) is 8.59. The number of halogens is 1. The maximum atomic E-state index is 13.4. The maximum absolute atomic E-state index is 13.4. The Hall–Kier alpha value is -1.01. The summed E-state index contributed by atoms with van der Waals surface area (Å²) >= 11 is 0. The summed E-state index contributed by atoms with van der Waals surface area (Å²) in [5, 5.41) is 10.2. The van der Waals surface area contributed by atoms with E-state index in [0.29, 0.717) is 19.8 Å². The molecular formula is C18H26FNO3. The molecule has 2 fully saturated rings. The van der Waals surface area contributed by atoms with Gasteiger partial charge < -0.3 is 14.6 Å². The summed E-state index contributed by atoms with van der Waals surface area (Å²) in [5.74, 6) is -0.199. The molecule has 0 radical (unpaired) electrons. The van der Waals surface area contributed by atoms with Gasteiger partial charge in [-0.2, -0.15) is 0 Å². The van der Waals surface area contributed by atoms with Gasteiger partial charge in [-0.3, -0.25) is 4.90 Å². The van der Waals surface area contributed by atoms with E-state index < -0.39 is 6.10 Å². The average molecular weight is 323 g/mol. The molecule has 0 amide bonds. The van der Waals surface area contributed by atoms with Gasteiger partial charge in [0, 0.05) is 19.2 Å². The number of aliphatic hydroxyl groups is 1. The summed E-state index contributed by atoms with van der Waals surface area (Å²) in [6.07, 6.45) is 3.89. The Morgan fingerprint density at radius 2 is 2.26 bits per heavy atom. The van der Waals surface area contributed by atoms with Gasteiger partial charge in [0.25, 0.3) is 0 Å². The smallest absolute Gasteiger partial charge is 0.123 e. The molecule has 128 valence electrons. The molecule has 0 unspecified atom stereocenters. The largest absolute Gasteiger partial charge is 0.389 e. The van der Waals surface area contributed by atoms with Crippen LogP contribution in [0, 0.1) is 5.82 Å². The molecule has 1 N–H and O–H groups in total. The van der Waals surface area contributed by atoms with Crippen LogP contribution in [0.25, 0.3) is 0 Å². The Morgan fingerprint density at radius 1 is 1.35 bits per heavy atom. The Balaban J connectivity index is 1.46. The molecular weight excluding hydrogens is 297 g/mol. The minimum absolute atomic E-state index is 0.189. The van der Waals surface area contributed by atoms with Gasteiger partial charge >= 0.3 is 0 Å². The highest BCUT2D eigenvalue weighted by atomic mass is 19.1. The lowest BCUT2D eigenvalue weighted by Crippen LogP contribution is -2.35. The quantitative estimate of drug-likeness (QED) is 0.837. The topological polar surface area (TPSA) is 41.9 Å². The summed E-state index contributed by atoms with van der Waals surface area (Å²) in [6, 6.07) is 6.98. The molecule has 4 nitrogen and oxygen atoms in total. The number of likely N-dealkylation sites (tertiary alicyclic amines) is 1. The minimum Gasteiger partial charge on any atom is -0.389 e. The molecule has 3 rings (SSSR count). The molecule has 0 saturated carbocycles. The van der Waals surface area contributed by atoms with E-state index >= 15 is 0 Å². The van der Waals surface area contributed by atoms with E-state index in [0.717, 1.165) is 44.4 Å². The number of benzene rings is 1. The second-order valence-corrected chi connectivity index (χ2v) is 6.53. The molecule has 0 aliphatic carbocycles. The maximum Gasteiger partial charge on any atom is 0.123 e. The predicted octanol–water partition coefficient (Wildman–Crippen LogP) is 2.52. The summed E-state index contributed by atoms with van der Waals surface area (Å²) in [7, 11) is 0. The van der Waals surface area contributed by atoms with Crippen LogP contribution in [-0.4, -0.2) is 55.1 Å². The monoisotopic (exact) mass is 323 g/mol. The first-order chi connectivity index (χ1) is 11.2. The van der Waals surface area contributed by atoms with Crippen LogP contribution in [0.1, 0.15) is 37.3 Å². The van der Waals surface area contributed by atoms with Gasteiger partial charge in [-0.15, -0.1) is 0 Å². The molecule has 0 spiro atoms. The summed E-state index contributed by atoms with van der Waals surface area (Å²) in [6.45, 7) is 3.20. The molecule has 2 saturated heterocycles. The third-order valence-electron chi connectivity index (χ3n) is 4.68. The highest BCUT2D eigenvalue weighted by molar-refractivity contribution is 5.21. The highest BCUT2D eigenvalue weighted by Gasteiger charge is 2.28. The van der Waals surface area contributed by atoms with Crippen LogP contribution in [0.15, 0.2) is 24.3 Å². The lowest BCUT2D eigenvalue weighted by molar-refractivity contribution is -0.0261. The van der Waals surface area contributed by atoms with Gasteiger partial charge in [0.2, 0.25) is 0 Å².